The minimum Gasteiger partial charge on any atom is -0.494 e. The zero-order chi connectivity index (χ0) is 13.7. The molecule has 0 atom stereocenters. The number of nitrogens with zero attached hydrogens (tertiary/aromatic N) is 2. The molecule has 3 heteroatoms. The average Bonchev–Trinajstić information content (AvgIpc) is 2.83. The minimum absolute atomic E-state index is 0.716. The number of likely N-dealkylation sites (N-methyl/N-ethyl adjacent to an activating group) is 1. The SMILES string of the molecule is CCOc1ccc2c(ccn2CCN(CC)CC)c1. The largest absolute Gasteiger partial charge is 0.494 e. The van der Waals surface area contributed by atoms with Crippen LogP contribution in [0, 0.1) is 0 Å². The van der Waals surface area contributed by atoms with Gasteiger partial charge in [0.05, 0.1) is 6.61 Å². The van der Waals surface area contributed by atoms with Gasteiger partial charge in [-0.2, -0.15) is 0 Å². The van der Waals surface area contributed by atoms with Crippen LogP contribution in [0.3, 0.4) is 0 Å². The molecule has 1 aromatic heterocycles. The molecule has 0 bridgehead atoms. The van der Waals surface area contributed by atoms with Crippen LogP contribution >= 0.6 is 0 Å². The van der Waals surface area contributed by atoms with Gasteiger partial charge in [-0.3, -0.25) is 0 Å². The van der Waals surface area contributed by atoms with Gasteiger partial charge in [-0.15, -0.1) is 0 Å². The van der Waals surface area contributed by atoms with Crippen LogP contribution in [0.25, 0.3) is 10.9 Å². The van der Waals surface area contributed by atoms with E-state index in [2.05, 4.69) is 53.8 Å². The molecule has 0 spiro atoms. The van der Waals surface area contributed by atoms with Gasteiger partial charge in [0, 0.05) is 30.2 Å². The highest BCUT2D eigenvalue weighted by molar-refractivity contribution is 5.81. The summed E-state index contributed by atoms with van der Waals surface area (Å²) in [7, 11) is 0. The Hall–Kier alpha value is -1.48. The summed E-state index contributed by atoms with van der Waals surface area (Å²) in [4.78, 5) is 2.44. The van der Waals surface area contributed by atoms with E-state index in [1.54, 1.807) is 0 Å². The number of ether oxygens (including phenoxy) is 1. The molecule has 104 valence electrons. The highest BCUT2D eigenvalue weighted by atomic mass is 16.5. The Labute approximate surface area is 115 Å². The molecule has 1 aromatic carbocycles. The van der Waals surface area contributed by atoms with E-state index in [-0.39, 0.29) is 0 Å². The van der Waals surface area contributed by atoms with Crippen molar-refractivity contribution in [3.8, 4) is 5.75 Å². The summed E-state index contributed by atoms with van der Waals surface area (Å²) < 4.78 is 7.86. The quantitative estimate of drug-likeness (QED) is 0.759. The Morgan fingerprint density at radius 3 is 2.58 bits per heavy atom. The zero-order valence-electron chi connectivity index (χ0n) is 12.2. The molecule has 19 heavy (non-hydrogen) atoms. The minimum atomic E-state index is 0.716. The van der Waals surface area contributed by atoms with Crippen LogP contribution in [-0.2, 0) is 6.54 Å². The number of aromatic nitrogens is 1. The lowest BCUT2D eigenvalue weighted by atomic mass is 10.2. The standard InChI is InChI=1S/C16H24N2O/c1-4-17(5-2)11-12-18-10-9-14-13-15(19-6-3)7-8-16(14)18/h7-10,13H,4-6,11-12H2,1-3H3. The van der Waals surface area contributed by atoms with Crippen molar-refractivity contribution in [2.45, 2.75) is 27.3 Å². The Morgan fingerprint density at radius 2 is 1.89 bits per heavy atom. The van der Waals surface area contributed by atoms with Crippen LogP contribution in [0.2, 0.25) is 0 Å². The van der Waals surface area contributed by atoms with Crippen molar-refractivity contribution < 1.29 is 4.74 Å². The maximum Gasteiger partial charge on any atom is 0.120 e. The first kappa shape index (κ1) is 13.9. The first-order valence-corrected chi connectivity index (χ1v) is 7.22. The lowest BCUT2D eigenvalue weighted by molar-refractivity contribution is 0.292. The molecule has 0 aliphatic heterocycles. The first-order valence-electron chi connectivity index (χ1n) is 7.22. The molecule has 0 amide bonds. The third-order valence-electron chi connectivity index (χ3n) is 3.61. The van der Waals surface area contributed by atoms with Crippen molar-refractivity contribution in [2.24, 2.45) is 0 Å². The smallest absolute Gasteiger partial charge is 0.120 e. The summed E-state index contributed by atoms with van der Waals surface area (Å²) in [5.41, 5.74) is 1.29. The fourth-order valence-corrected chi connectivity index (χ4v) is 2.42. The second-order valence-corrected chi connectivity index (χ2v) is 4.69. The average molecular weight is 260 g/mol. The van der Waals surface area contributed by atoms with Crippen molar-refractivity contribution in [3.05, 3.63) is 30.5 Å². The molecule has 0 radical (unpaired) electrons. The number of rotatable bonds is 7. The molecule has 2 rings (SSSR count). The van der Waals surface area contributed by atoms with Crippen molar-refractivity contribution in [2.75, 3.05) is 26.2 Å². The second kappa shape index (κ2) is 6.62. The topological polar surface area (TPSA) is 17.4 Å². The van der Waals surface area contributed by atoms with Crippen LogP contribution in [0.5, 0.6) is 5.75 Å². The molecule has 0 saturated heterocycles. The summed E-state index contributed by atoms with van der Waals surface area (Å²) in [6.07, 6.45) is 2.17. The summed E-state index contributed by atoms with van der Waals surface area (Å²) in [5.74, 6) is 0.955. The van der Waals surface area contributed by atoms with Crippen LogP contribution < -0.4 is 4.74 Å². The van der Waals surface area contributed by atoms with Crippen LogP contribution in [0.4, 0.5) is 0 Å². The second-order valence-electron chi connectivity index (χ2n) is 4.69. The van der Waals surface area contributed by atoms with Gasteiger partial charge >= 0.3 is 0 Å². The molecule has 3 nitrogen and oxygen atoms in total. The van der Waals surface area contributed by atoms with Gasteiger partial charge in [0.1, 0.15) is 5.75 Å². The fraction of sp³-hybridized carbons (Fsp3) is 0.500. The van der Waals surface area contributed by atoms with Crippen LogP contribution in [0.1, 0.15) is 20.8 Å². The van der Waals surface area contributed by atoms with E-state index in [9.17, 15) is 0 Å². The van der Waals surface area contributed by atoms with E-state index in [1.165, 1.54) is 10.9 Å². The molecule has 0 unspecified atom stereocenters. The lowest BCUT2D eigenvalue weighted by Crippen LogP contribution is -2.26. The molecule has 1 heterocycles. The molecule has 0 saturated carbocycles. The molecule has 0 N–H and O–H groups in total. The van der Waals surface area contributed by atoms with Crippen molar-refractivity contribution in [1.82, 2.24) is 9.47 Å². The Morgan fingerprint density at radius 1 is 1.11 bits per heavy atom. The van der Waals surface area contributed by atoms with E-state index in [1.807, 2.05) is 6.92 Å². The normalized spacial score (nSPS) is 11.4. The predicted octanol–water partition coefficient (Wildman–Crippen LogP) is 3.38. The first-order chi connectivity index (χ1) is 9.28. The Bertz CT molecular complexity index is 514. The van der Waals surface area contributed by atoms with E-state index < -0.39 is 0 Å². The lowest BCUT2D eigenvalue weighted by Gasteiger charge is -2.18. The van der Waals surface area contributed by atoms with Gasteiger partial charge in [0.2, 0.25) is 0 Å². The maximum atomic E-state index is 5.54. The Kier molecular flexibility index (Phi) is 4.86. The molecule has 0 aliphatic carbocycles. The monoisotopic (exact) mass is 260 g/mol. The highest BCUT2D eigenvalue weighted by Crippen LogP contribution is 2.22. The van der Waals surface area contributed by atoms with Gasteiger partial charge in [0.25, 0.3) is 0 Å². The molecular formula is C16H24N2O. The zero-order valence-corrected chi connectivity index (χ0v) is 12.2. The number of fused-ring (bicyclic) bond motifs is 1. The van der Waals surface area contributed by atoms with Crippen molar-refractivity contribution in [3.63, 3.8) is 0 Å². The maximum absolute atomic E-state index is 5.54. The van der Waals surface area contributed by atoms with E-state index >= 15 is 0 Å². The van der Waals surface area contributed by atoms with Crippen molar-refractivity contribution >= 4 is 10.9 Å². The fourth-order valence-electron chi connectivity index (χ4n) is 2.42. The number of hydrogen-bond donors (Lipinski definition) is 0. The third-order valence-corrected chi connectivity index (χ3v) is 3.61. The summed E-state index contributed by atoms with van der Waals surface area (Å²) in [5, 5.41) is 1.26. The van der Waals surface area contributed by atoms with E-state index in [4.69, 9.17) is 4.74 Å². The van der Waals surface area contributed by atoms with Crippen LogP contribution in [-0.4, -0.2) is 35.7 Å². The molecular weight excluding hydrogens is 236 g/mol. The summed E-state index contributed by atoms with van der Waals surface area (Å²) in [6, 6.07) is 8.50. The van der Waals surface area contributed by atoms with Gasteiger partial charge in [-0.1, -0.05) is 13.8 Å². The summed E-state index contributed by atoms with van der Waals surface area (Å²) in [6.45, 7) is 11.5. The highest BCUT2D eigenvalue weighted by Gasteiger charge is 2.04. The van der Waals surface area contributed by atoms with Gasteiger partial charge < -0.3 is 14.2 Å². The molecule has 0 aliphatic rings. The van der Waals surface area contributed by atoms with E-state index in [0.717, 1.165) is 31.9 Å². The van der Waals surface area contributed by atoms with Gasteiger partial charge in [0.15, 0.2) is 0 Å². The van der Waals surface area contributed by atoms with Gasteiger partial charge in [-0.05, 0) is 44.3 Å². The van der Waals surface area contributed by atoms with E-state index in [0.29, 0.717) is 6.61 Å². The molecule has 2 aromatic rings. The van der Waals surface area contributed by atoms with Crippen molar-refractivity contribution in [1.29, 1.82) is 0 Å². The summed E-state index contributed by atoms with van der Waals surface area (Å²) >= 11 is 0. The predicted molar refractivity (Wildman–Crippen MR) is 80.9 cm³/mol. The number of benzene rings is 1. The van der Waals surface area contributed by atoms with Gasteiger partial charge in [-0.25, -0.2) is 0 Å². The Balaban J connectivity index is 2.12. The van der Waals surface area contributed by atoms with Crippen LogP contribution in [0.15, 0.2) is 30.5 Å². The third kappa shape index (κ3) is 3.29. The molecule has 0 fully saturated rings. The number of hydrogen-bond acceptors (Lipinski definition) is 2.